The van der Waals surface area contributed by atoms with E-state index < -0.39 is 0 Å². The highest BCUT2D eigenvalue weighted by Crippen LogP contribution is 2.23. The summed E-state index contributed by atoms with van der Waals surface area (Å²) in [4.78, 5) is 6.21. The van der Waals surface area contributed by atoms with Crippen LogP contribution in [0.1, 0.15) is 11.7 Å². The van der Waals surface area contributed by atoms with Gasteiger partial charge in [0.2, 0.25) is 5.89 Å². The Bertz CT molecular complexity index is 923. The molecule has 0 atom stereocenters. The molecule has 0 saturated heterocycles. The number of furan rings is 1. The second-order valence-electron chi connectivity index (χ2n) is 4.90. The second kappa shape index (κ2) is 6.69. The number of aromatic nitrogens is 2. The third-order valence-corrected chi connectivity index (χ3v) is 4.10. The van der Waals surface area contributed by atoms with Gasteiger partial charge in [0.25, 0.3) is 5.89 Å². The minimum absolute atomic E-state index is 0.169. The quantitative estimate of drug-likeness (QED) is 0.418. The first-order chi connectivity index (χ1) is 11.9. The van der Waals surface area contributed by atoms with Crippen LogP contribution in [0.15, 0.2) is 62.9 Å². The summed E-state index contributed by atoms with van der Waals surface area (Å²) in [5, 5.41) is 10.9. The summed E-state index contributed by atoms with van der Waals surface area (Å²) in [5.74, 6) is 1.65. The lowest BCUT2D eigenvalue weighted by molar-refractivity contribution is 0.0443. The molecule has 0 aliphatic rings. The van der Waals surface area contributed by atoms with Gasteiger partial charge in [-0.2, -0.15) is 0 Å². The standard InChI is InChI=1S/C17H13N3O3S/c1-2-5-14-12(4-1)10-13(22-14)7-8-18-21-11-16-19-20-17(23-16)15-6-3-9-24-15/h1-10,18H,11H2. The average Bonchev–Trinajstić information content (AvgIpc) is 3.34. The number of hydrogen-bond acceptors (Lipinski definition) is 7. The lowest BCUT2D eigenvalue weighted by atomic mass is 10.2. The monoisotopic (exact) mass is 339 g/mol. The SMILES string of the molecule is C(=Cc1cc2ccccc2o1)NOCc1nnc(-c2cccs2)o1. The molecule has 6 nitrogen and oxygen atoms in total. The van der Waals surface area contributed by atoms with E-state index in [4.69, 9.17) is 13.7 Å². The molecule has 120 valence electrons. The van der Waals surface area contributed by atoms with Gasteiger partial charge < -0.3 is 8.83 Å². The molecule has 0 unspecified atom stereocenters. The first kappa shape index (κ1) is 14.7. The van der Waals surface area contributed by atoms with Crippen molar-refractivity contribution >= 4 is 28.4 Å². The molecular formula is C17H13N3O3S. The average molecular weight is 339 g/mol. The van der Waals surface area contributed by atoms with Crippen LogP contribution in [0, 0.1) is 0 Å². The van der Waals surface area contributed by atoms with E-state index in [1.807, 2.05) is 47.8 Å². The Balaban J connectivity index is 1.30. The zero-order valence-electron chi connectivity index (χ0n) is 12.5. The molecule has 0 amide bonds. The number of fused-ring (bicyclic) bond motifs is 1. The van der Waals surface area contributed by atoms with Gasteiger partial charge >= 0.3 is 0 Å². The third kappa shape index (κ3) is 3.22. The van der Waals surface area contributed by atoms with Crippen molar-refractivity contribution in [2.45, 2.75) is 6.61 Å². The minimum Gasteiger partial charge on any atom is -0.457 e. The molecule has 3 aromatic heterocycles. The van der Waals surface area contributed by atoms with Crippen LogP contribution in [-0.4, -0.2) is 10.2 Å². The van der Waals surface area contributed by atoms with Crippen molar-refractivity contribution in [3.8, 4) is 10.8 Å². The molecule has 3 heterocycles. The van der Waals surface area contributed by atoms with E-state index in [1.165, 1.54) is 0 Å². The highest BCUT2D eigenvalue weighted by atomic mass is 32.1. The van der Waals surface area contributed by atoms with Gasteiger partial charge in [0, 0.05) is 11.6 Å². The van der Waals surface area contributed by atoms with Gasteiger partial charge in [0.1, 0.15) is 11.3 Å². The van der Waals surface area contributed by atoms with Gasteiger partial charge in [0.05, 0.1) is 4.88 Å². The fourth-order valence-corrected chi connectivity index (χ4v) is 2.81. The second-order valence-corrected chi connectivity index (χ2v) is 5.85. The molecule has 0 spiro atoms. The molecule has 0 fully saturated rings. The van der Waals surface area contributed by atoms with Crippen LogP contribution in [0.5, 0.6) is 0 Å². The molecular weight excluding hydrogens is 326 g/mol. The fraction of sp³-hybridized carbons (Fsp3) is 0.0588. The van der Waals surface area contributed by atoms with Crippen LogP contribution >= 0.6 is 11.3 Å². The van der Waals surface area contributed by atoms with Gasteiger partial charge in [-0.05, 0) is 29.7 Å². The number of rotatable bonds is 6. The summed E-state index contributed by atoms with van der Waals surface area (Å²) in [6.45, 7) is 0.169. The first-order valence-electron chi connectivity index (χ1n) is 7.27. The van der Waals surface area contributed by atoms with Gasteiger partial charge in [-0.1, -0.05) is 24.3 Å². The number of para-hydroxylation sites is 1. The van der Waals surface area contributed by atoms with Crippen LogP contribution in [-0.2, 0) is 11.4 Å². The topological polar surface area (TPSA) is 73.3 Å². The Morgan fingerprint density at radius 3 is 2.96 bits per heavy atom. The fourth-order valence-electron chi connectivity index (χ4n) is 2.16. The molecule has 0 saturated carbocycles. The molecule has 0 aliphatic carbocycles. The predicted molar refractivity (Wildman–Crippen MR) is 90.8 cm³/mol. The number of benzene rings is 1. The largest absolute Gasteiger partial charge is 0.457 e. The number of thiophene rings is 1. The van der Waals surface area contributed by atoms with E-state index in [1.54, 1.807) is 23.6 Å². The number of hydrogen-bond donors (Lipinski definition) is 1. The Hall–Kier alpha value is -2.90. The smallest absolute Gasteiger partial charge is 0.257 e. The zero-order valence-corrected chi connectivity index (χ0v) is 13.3. The van der Waals surface area contributed by atoms with Crippen LogP contribution in [0.3, 0.4) is 0 Å². The van der Waals surface area contributed by atoms with E-state index >= 15 is 0 Å². The summed E-state index contributed by atoms with van der Waals surface area (Å²) in [6.07, 6.45) is 3.43. The molecule has 0 aliphatic heterocycles. The van der Waals surface area contributed by atoms with Crippen molar-refractivity contribution in [1.82, 2.24) is 15.7 Å². The summed E-state index contributed by atoms with van der Waals surface area (Å²) in [7, 11) is 0. The van der Waals surface area contributed by atoms with Crippen LogP contribution < -0.4 is 5.48 Å². The summed E-state index contributed by atoms with van der Waals surface area (Å²) < 4.78 is 11.2. The zero-order chi connectivity index (χ0) is 16.2. The molecule has 7 heteroatoms. The van der Waals surface area contributed by atoms with Gasteiger partial charge in [-0.25, -0.2) is 0 Å². The lowest BCUT2D eigenvalue weighted by Gasteiger charge is -1.97. The van der Waals surface area contributed by atoms with Crippen LogP contribution in [0.25, 0.3) is 27.8 Å². The lowest BCUT2D eigenvalue weighted by Crippen LogP contribution is -2.06. The maximum atomic E-state index is 5.66. The number of nitrogens with zero attached hydrogens (tertiary/aromatic N) is 2. The summed E-state index contributed by atoms with van der Waals surface area (Å²) in [5.41, 5.74) is 3.56. The van der Waals surface area contributed by atoms with E-state index in [0.717, 1.165) is 21.6 Å². The first-order valence-corrected chi connectivity index (χ1v) is 8.15. The van der Waals surface area contributed by atoms with E-state index in [9.17, 15) is 0 Å². The highest BCUT2D eigenvalue weighted by Gasteiger charge is 2.09. The van der Waals surface area contributed by atoms with Crippen molar-refractivity contribution in [2.24, 2.45) is 0 Å². The predicted octanol–water partition coefficient (Wildman–Crippen LogP) is 4.24. The Labute approximate surface area is 141 Å². The molecule has 4 rings (SSSR count). The summed E-state index contributed by atoms with van der Waals surface area (Å²) in [6, 6.07) is 13.7. The number of nitrogens with one attached hydrogen (secondary N) is 1. The normalized spacial score (nSPS) is 11.5. The Kier molecular flexibility index (Phi) is 4.09. The van der Waals surface area contributed by atoms with Crippen LogP contribution in [0.2, 0.25) is 0 Å². The third-order valence-electron chi connectivity index (χ3n) is 3.24. The van der Waals surface area contributed by atoms with Gasteiger partial charge in [-0.3, -0.25) is 10.3 Å². The van der Waals surface area contributed by atoms with Crippen LogP contribution in [0.4, 0.5) is 0 Å². The maximum absolute atomic E-state index is 5.66. The van der Waals surface area contributed by atoms with Gasteiger partial charge in [0.15, 0.2) is 6.61 Å². The summed E-state index contributed by atoms with van der Waals surface area (Å²) >= 11 is 1.55. The minimum atomic E-state index is 0.169. The van der Waals surface area contributed by atoms with E-state index in [2.05, 4.69) is 15.7 Å². The Morgan fingerprint density at radius 1 is 1.12 bits per heavy atom. The van der Waals surface area contributed by atoms with Crippen molar-refractivity contribution in [3.05, 3.63) is 65.7 Å². The molecule has 1 aromatic carbocycles. The van der Waals surface area contributed by atoms with E-state index in [-0.39, 0.29) is 6.61 Å². The van der Waals surface area contributed by atoms with Crippen molar-refractivity contribution in [3.63, 3.8) is 0 Å². The molecule has 4 aromatic rings. The van der Waals surface area contributed by atoms with Crippen molar-refractivity contribution in [2.75, 3.05) is 0 Å². The molecule has 1 N–H and O–H groups in total. The highest BCUT2D eigenvalue weighted by molar-refractivity contribution is 7.13. The van der Waals surface area contributed by atoms with Crippen molar-refractivity contribution in [1.29, 1.82) is 0 Å². The molecule has 24 heavy (non-hydrogen) atoms. The van der Waals surface area contributed by atoms with Crippen molar-refractivity contribution < 1.29 is 13.7 Å². The maximum Gasteiger partial charge on any atom is 0.257 e. The van der Waals surface area contributed by atoms with Gasteiger partial charge in [-0.15, -0.1) is 21.5 Å². The number of hydroxylamine groups is 1. The van der Waals surface area contributed by atoms with E-state index in [0.29, 0.717) is 11.8 Å². The Morgan fingerprint density at radius 2 is 2.08 bits per heavy atom. The molecule has 0 bridgehead atoms. The molecule has 0 radical (unpaired) electrons.